The number of hydrogen-bond donors (Lipinski definition) is 6. The Morgan fingerprint density at radius 1 is 0.398 bits per heavy atom. The number of methoxy groups -OCH3 is 6. The van der Waals surface area contributed by atoms with Gasteiger partial charge in [-0.3, -0.25) is 19.2 Å². The van der Waals surface area contributed by atoms with Gasteiger partial charge in [0.15, 0.2) is 37.4 Å². The summed E-state index contributed by atoms with van der Waals surface area (Å²) in [5.41, 5.74) is 0. The number of esters is 4. The van der Waals surface area contributed by atoms with E-state index in [4.69, 9.17) is 94.6 Å². The van der Waals surface area contributed by atoms with Crippen LogP contribution in [0.2, 0.25) is 0 Å². The molecular weight excluding hydrogens is 1650 g/mol. The first kappa shape index (κ1) is 104. The zero-order valence-electron chi connectivity index (χ0n) is 49.0. The summed E-state index contributed by atoms with van der Waals surface area (Å²) in [6.45, 7) is 0.128. The summed E-state index contributed by atoms with van der Waals surface area (Å²) in [4.78, 5) is 95.0. The van der Waals surface area contributed by atoms with Crippen molar-refractivity contribution < 1.29 is 291 Å². The van der Waals surface area contributed by atoms with Gasteiger partial charge >= 0.3 is 148 Å². The van der Waals surface area contributed by atoms with E-state index in [-0.39, 0.29) is 168 Å². The summed E-state index contributed by atoms with van der Waals surface area (Å²) in [5, 5.41) is 109. The first-order valence-corrected chi connectivity index (χ1v) is 28.4. The van der Waals surface area contributed by atoms with E-state index in [1.165, 1.54) is 14.2 Å². The molecule has 4 aliphatic heterocycles. The summed E-state index contributed by atoms with van der Waals surface area (Å²) in [7, 11) is 16.7. The van der Waals surface area contributed by atoms with Crippen molar-refractivity contribution in [3.63, 3.8) is 0 Å². The number of nitrogens with two attached hydrogens (primary N) is 4. The van der Waals surface area contributed by atoms with Gasteiger partial charge in [0, 0.05) is 63.7 Å². The summed E-state index contributed by atoms with van der Waals surface area (Å²) in [6, 6.07) is 0. The van der Waals surface area contributed by atoms with Crippen molar-refractivity contribution >= 4 is 66.6 Å². The molecule has 14 N–H and O–H groups in total. The third kappa shape index (κ3) is 31.6. The van der Waals surface area contributed by atoms with Crippen molar-refractivity contribution in [3.05, 3.63) is 32.0 Å². The van der Waals surface area contributed by atoms with Crippen LogP contribution in [-0.2, 0) is 152 Å². The minimum absolute atomic E-state index is 0. The molecule has 88 heavy (non-hydrogen) atoms. The van der Waals surface area contributed by atoms with Crippen LogP contribution >= 0.6 is 18.8 Å². The molecule has 0 bridgehead atoms. The molecule has 0 spiro atoms. The molecule has 0 aromatic rings. The monoisotopic (exact) mass is 1720 g/mol. The number of carbonyl (C=O) groups excluding carboxylic acids is 8. The second kappa shape index (κ2) is 54.0. The molecule has 8 unspecified atom stereocenters. The standard InChI is InChI=1S/2C21H32O17.CH3.2ClH.4H2N.3Na.2Pt/c2*1-31-6-7-34-8(22)4-5-9(23)35-14-12(26)20(33-3)37-17(19(29)30)15(14)36-21-11(25)10(24)13(32-2)16(38-21)18(27)28;;;;;;;;;;;;/h2*10-17,20-21,24-26H,4-7H2,1-3H3,(H,27,28)(H,29,30);1H3;2*1H;4*1H2;;;;;/q;;-1;;;4*-1;3*+1;;+4/p-6/t2*10-,11?,12?,13+,14-,15+,16?,17?,20-,21-;;;;;;;;;;;;/m11............/s1. The van der Waals surface area contributed by atoms with E-state index in [1.54, 1.807) is 0 Å². The number of carboxylic acids is 4. The zero-order chi connectivity index (χ0) is 59.8. The van der Waals surface area contributed by atoms with E-state index in [0.29, 0.717) is 0 Å². The molecule has 0 radical (unpaired) electrons. The van der Waals surface area contributed by atoms with E-state index in [1.807, 2.05) is 0 Å². The van der Waals surface area contributed by atoms with Crippen molar-refractivity contribution in [2.45, 2.75) is 149 Å². The summed E-state index contributed by atoms with van der Waals surface area (Å²) < 4.78 is 80.1. The van der Waals surface area contributed by atoms with E-state index in [0.717, 1.165) is 28.4 Å². The second-order valence-electron chi connectivity index (χ2n) is 16.4. The number of aliphatic carboxylic acids is 4. The van der Waals surface area contributed by atoms with Gasteiger partial charge in [0.25, 0.3) is 0 Å². The van der Waals surface area contributed by atoms with Crippen LogP contribution in [0.5, 0.6) is 0 Å². The van der Waals surface area contributed by atoms with Crippen LogP contribution in [0.25, 0.3) is 24.6 Å². The maximum atomic E-state index is 12.5. The first-order chi connectivity index (χ1) is 37.3. The minimum atomic E-state index is -2.12. The Hall–Kier alpha value is -0.163. The number of carbonyl (C=O) groups is 8. The van der Waals surface area contributed by atoms with Crippen LogP contribution in [0.3, 0.4) is 0 Å². The molecule has 0 aromatic heterocycles. The predicted octanol–water partition coefficient (Wildman–Crippen LogP) is -16.4. The molecule has 38 nitrogen and oxygen atoms in total. The number of aliphatic hydroxyl groups excluding tert-OH is 6. The molecule has 4 rings (SSSR count). The Labute approximate surface area is 601 Å². The molecule has 4 aliphatic rings. The Kier molecular flexibility index (Phi) is 63.8. The number of carboxylic acid groups (broad SMARTS) is 4. The fourth-order valence-electron chi connectivity index (χ4n) is 7.55. The number of aliphatic hydroxyl groups is 6. The Morgan fingerprint density at radius 3 is 0.886 bits per heavy atom. The Bertz CT molecular complexity index is 1860. The maximum absolute atomic E-state index is 12.5. The van der Waals surface area contributed by atoms with Crippen LogP contribution in [-0.4, -0.2) is 270 Å². The third-order valence-corrected chi connectivity index (χ3v) is 11.3. The zero-order valence-corrected chi connectivity index (χ0v) is 61.1. The van der Waals surface area contributed by atoms with Crippen LogP contribution in [0.15, 0.2) is 0 Å². The molecule has 4 saturated heterocycles. The van der Waals surface area contributed by atoms with Crippen molar-refractivity contribution in [2.75, 3.05) is 69.1 Å². The Balaban J connectivity index is -0.000000211. The summed E-state index contributed by atoms with van der Waals surface area (Å²) in [5.74, 6) is -11.3. The van der Waals surface area contributed by atoms with E-state index in [9.17, 15) is 89.4 Å². The molecule has 0 amide bonds. The van der Waals surface area contributed by atoms with Crippen molar-refractivity contribution in [1.82, 2.24) is 0 Å². The molecule has 45 heteroatoms. The fraction of sp³-hybridized carbons (Fsp3) is 0.791. The predicted molar refractivity (Wildman–Crippen MR) is 259 cm³/mol. The summed E-state index contributed by atoms with van der Waals surface area (Å²) in [6.07, 6.45) is -40.1. The molecule has 0 aromatic carbocycles. The van der Waals surface area contributed by atoms with E-state index in [2.05, 4.69) is 0 Å². The average molecular weight is 1720 g/mol. The second-order valence-corrected chi connectivity index (χ2v) is 19.7. The molecule has 4 fully saturated rings. The third-order valence-electron chi connectivity index (χ3n) is 11.3. The largest absolute Gasteiger partial charge is 1.00 e. The normalized spacial score (nSPS) is 30.8. The topological polar surface area (TPSA) is 632 Å². The van der Waals surface area contributed by atoms with Crippen molar-refractivity contribution in [1.29, 1.82) is 0 Å². The van der Waals surface area contributed by atoms with E-state index < -0.39 is 213 Å². The van der Waals surface area contributed by atoms with Gasteiger partial charge in [0.1, 0.15) is 98.7 Å². The van der Waals surface area contributed by atoms with Gasteiger partial charge in [-0.15, -0.1) is 0 Å². The van der Waals surface area contributed by atoms with Gasteiger partial charge in [-0.05, 0) is 0 Å². The van der Waals surface area contributed by atoms with Gasteiger partial charge in [-0.25, -0.2) is 0 Å². The molecule has 508 valence electrons. The number of rotatable bonds is 26. The number of hydrogen-bond acceptors (Lipinski definition) is 34. The molecule has 0 saturated carbocycles. The van der Waals surface area contributed by atoms with Crippen LogP contribution in [0, 0.1) is 7.43 Å². The molecule has 0 aliphatic carbocycles. The summed E-state index contributed by atoms with van der Waals surface area (Å²) >= 11 is -0.472. The average Bonchev–Trinajstić information content (AvgIpc) is 3.39. The smallest absolute Gasteiger partial charge is 0.693 e. The van der Waals surface area contributed by atoms with Crippen LogP contribution < -0.4 is 109 Å². The molecule has 4 heterocycles. The first-order valence-electron chi connectivity index (χ1n) is 22.8. The molecular formula is C43H71Cl2N4Na3O34Pt2-4. The van der Waals surface area contributed by atoms with E-state index >= 15 is 0 Å². The number of halogens is 2. The minimum Gasteiger partial charge on any atom is -0.693 e. The van der Waals surface area contributed by atoms with Gasteiger partial charge in [-0.2, -0.15) is 0 Å². The van der Waals surface area contributed by atoms with Crippen molar-refractivity contribution in [3.8, 4) is 0 Å². The maximum Gasteiger partial charge on any atom is 1.00 e. The number of ether oxygens (including phenoxy) is 16. The van der Waals surface area contributed by atoms with Crippen LogP contribution in [0.4, 0.5) is 0 Å². The van der Waals surface area contributed by atoms with Gasteiger partial charge < -0.3 is 178 Å². The van der Waals surface area contributed by atoms with Crippen molar-refractivity contribution in [2.24, 2.45) is 0 Å². The SMILES string of the molecule is COCCOC(=O)CCC(=O)O[C@@H]1C(O)[C@H](OC)OC(C(=O)[O-])[C@H]1O[C@@H]1OC(C(=O)[O-])[C@@H](OC)[C@H](O)C1O.COCCOC(=O)CCC(=O)O[C@@H]1C(O)[C@H](OC)OC(C(=O)[O-])[C@H]1O[C@@H]1OC(C(=O)[O-])[C@@H](OC)[C@H](O)C1O.[CH3-].[Cl][Pt+2][Cl].[NH2-].[NH2-].[NH2-].[NH2-].[Na+].[Na+].[Na+].[Pt]. The Morgan fingerprint density at radius 2 is 0.648 bits per heavy atom. The van der Waals surface area contributed by atoms with Gasteiger partial charge in [0.2, 0.25) is 0 Å². The van der Waals surface area contributed by atoms with Crippen LogP contribution in [0.1, 0.15) is 25.7 Å². The van der Waals surface area contributed by atoms with Gasteiger partial charge in [0.05, 0.1) is 62.8 Å². The quantitative estimate of drug-likeness (QED) is 0.0154. The van der Waals surface area contributed by atoms with Gasteiger partial charge in [-0.1, -0.05) is 0 Å². The fourth-order valence-corrected chi connectivity index (χ4v) is 7.55. The molecule has 20 atom stereocenters.